The molecule has 11 heteroatoms. The van der Waals surface area contributed by atoms with Crippen molar-refractivity contribution in [2.75, 3.05) is 43.6 Å². The third-order valence-corrected chi connectivity index (χ3v) is 5.70. The number of morpholine rings is 1. The van der Waals surface area contributed by atoms with E-state index in [1.807, 2.05) is 18.2 Å². The van der Waals surface area contributed by atoms with Gasteiger partial charge in [0.15, 0.2) is 6.23 Å². The lowest BCUT2D eigenvalue weighted by Gasteiger charge is -2.31. The molecule has 1 aliphatic heterocycles. The van der Waals surface area contributed by atoms with Gasteiger partial charge in [-0.15, -0.1) is 5.10 Å². The van der Waals surface area contributed by atoms with Gasteiger partial charge in [-0.25, -0.2) is 4.98 Å². The van der Waals surface area contributed by atoms with Gasteiger partial charge in [-0.05, 0) is 29.0 Å². The van der Waals surface area contributed by atoms with Gasteiger partial charge in [0.05, 0.1) is 26.0 Å². The van der Waals surface area contributed by atoms with Crippen LogP contribution in [0.25, 0.3) is 0 Å². The van der Waals surface area contributed by atoms with Crippen molar-refractivity contribution in [2.45, 2.75) is 12.8 Å². The van der Waals surface area contributed by atoms with Crippen LogP contribution >= 0.6 is 22.9 Å². The molecule has 1 aromatic carbocycles. The number of aromatic nitrogens is 3. The van der Waals surface area contributed by atoms with E-state index >= 15 is 0 Å². The topological polar surface area (TPSA) is 102 Å². The first kappa shape index (κ1) is 21.6. The second kappa shape index (κ2) is 10.1. The summed E-state index contributed by atoms with van der Waals surface area (Å²) in [6.07, 6.45) is 0.564. The largest absolute Gasteiger partial charge is 0.481 e. The molecule has 1 atom stereocenters. The van der Waals surface area contributed by atoms with Gasteiger partial charge >= 0.3 is 0 Å². The number of benzene rings is 1. The van der Waals surface area contributed by atoms with Gasteiger partial charge in [-0.2, -0.15) is 0 Å². The van der Waals surface area contributed by atoms with Crippen molar-refractivity contribution in [2.24, 2.45) is 0 Å². The van der Waals surface area contributed by atoms with Crippen LogP contribution in [0.4, 0.5) is 10.8 Å². The summed E-state index contributed by atoms with van der Waals surface area (Å²) in [5, 5.41) is 23.4. The normalized spacial score (nSPS) is 14.9. The predicted molar refractivity (Wildman–Crippen MR) is 118 cm³/mol. The van der Waals surface area contributed by atoms with Crippen LogP contribution in [0.2, 0.25) is 5.02 Å². The van der Waals surface area contributed by atoms with Crippen LogP contribution in [-0.2, 0) is 11.3 Å². The van der Waals surface area contributed by atoms with Crippen molar-refractivity contribution in [1.29, 1.82) is 0 Å². The van der Waals surface area contributed by atoms with E-state index in [9.17, 15) is 5.11 Å². The van der Waals surface area contributed by atoms with E-state index in [4.69, 9.17) is 25.8 Å². The van der Waals surface area contributed by atoms with Gasteiger partial charge < -0.3 is 29.5 Å². The standard InChI is InChI=1S/C20H22ClN5O4S/c1-28-17-10-16(26-6-8-29-9-7-26)15(11-22-17)18(27)23-19-24-25-20(31-19)30-12-13-2-4-14(21)5-3-13/h2-5,10-11,18,27H,6-9,12H2,1H3,(H,23,24). The van der Waals surface area contributed by atoms with Crippen molar-refractivity contribution >= 4 is 33.8 Å². The molecule has 1 saturated heterocycles. The molecule has 2 aromatic heterocycles. The molecule has 1 fully saturated rings. The fraction of sp³-hybridized carbons (Fsp3) is 0.350. The highest BCUT2D eigenvalue weighted by Gasteiger charge is 2.22. The molecular weight excluding hydrogens is 442 g/mol. The van der Waals surface area contributed by atoms with Crippen molar-refractivity contribution in [3.63, 3.8) is 0 Å². The number of pyridine rings is 1. The number of anilines is 2. The van der Waals surface area contributed by atoms with Crippen LogP contribution in [0.1, 0.15) is 17.4 Å². The van der Waals surface area contributed by atoms with E-state index in [1.165, 1.54) is 11.3 Å². The fourth-order valence-electron chi connectivity index (χ4n) is 3.08. The van der Waals surface area contributed by atoms with E-state index in [0.29, 0.717) is 59.7 Å². The average molecular weight is 464 g/mol. The smallest absolute Gasteiger partial charge is 0.296 e. The Kier molecular flexibility index (Phi) is 7.03. The Bertz CT molecular complexity index is 997. The Morgan fingerprint density at radius 1 is 1.26 bits per heavy atom. The minimum absolute atomic E-state index is 0.345. The first-order chi connectivity index (χ1) is 15.1. The highest BCUT2D eigenvalue weighted by Crippen LogP contribution is 2.32. The SMILES string of the molecule is COc1cc(N2CCOCC2)c(C(O)Nc2nnc(OCc3ccc(Cl)cc3)s2)cn1. The number of ether oxygens (including phenoxy) is 3. The first-order valence-electron chi connectivity index (χ1n) is 9.64. The minimum atomic E-state index is -1.03. The molecule has 0 radical (unpaired) electrons. The predicted octanol–water partition coefficient (Wildman–Crippen LogP) is 3.11. The van der Waals surface area contributed by atoms with Crippen LogP contribution in [0.3, 0.4) is 0 Å². The zero-order chi connectivity index (χ0) is 21.6. The molecule has 0 spiro atoms. The molecule has 3 aromatic rings. The van der Waals surface area contributed by atoms with Gasteiger partial charge in [0, 0.05) is 35.9 Å². The number of aliphatic hydroxyl groups is 1. The van der Waals surface area contributed by atoms with Gasteiger partial charge in [-0.1, -0.05) is 28.8 Å². The molecule has 9 nitrogen and oxygen atoms in total. The Labute approximate surface area is 188 Å². The summed E-state index contributed by atoms with van der Waals surface area (Å²) >= 11 is 7.10. The maximum Gasteiger partial charge on any atom is 0.296 e. The monoisotopic (exact) mass is 463 g/mol. The Balaban J connectivity index is 1.43. The van der Waals surface area contributed by atoms with Crippen LogP contribution < -0.4 is 19.7 Å². The van der Waals surface area contributed by atoms with Crippen molar-refractivity contribution < 1.29 is 19.3 Å². The molecule has 164 valence electrons. The van der Waals surface area contributed by atoms with Crippen LogP contribution in [-0.4, -0.2) is 53.7 Å². The van der Waals surface area contributed by atoms with Crippen LogP contribution in [0.15, 0.2) is 36.5 Å². The van der Waals surface area contributed by atoms with E-state index in [1.54, 1.807) is 25.4 Å². The average Bonchev–Trinajstić information content (AvgIpc) is 3.26. The highest BCUT2D eigenvalue weighted by molar-refractivity contribution is 7.16. The third-order valence-electron chi connectivity index (χ3n) is 4.68. The quantitative estimate of drug-likeness (QED) is 0.488. The number of halogens is 1. The summed E-state index contributed by atoms with van der Waals surface area (Å²) in [4.78, 5) is 6.38. The second-order valence-corrected chi connectivity index (χ2v) is 8.10. The lowest BCUT2D eigenvalue weighted by atomic mass is 10.1. The number of nitrogens with one attached hydrogen (secondary N) is 1. The summed E-state index contributed by atoms with van der Waals surface area (Å²) in [5.74, 6) is 0.478. The summed E-state index contributed by atoms with van der Waals surface area (Å²) in [7, 11) is 1.56. The van der Waals surface area contributed by atoms with E-state index in [0.717, 1.165) is 11.3 Å². The summed E-state index contributed by atoms with van der Waals surface area (Å²) in [6.45, 7) is 3.03. The number of hydrogen-bond acceptors (Lipinski definition) is 10. The second-order valence-electron chi connectivity index (χ2n) is 6.72. The van der Waals surface area contributed by atoms with Crippen molar-refractivity contribution in [3.05, 3.63) is 52.7 Å². The Morgan fingerprint density at radius 2 is 2.03 bits per heavy atom. The van der Waals surface area contributed by atoms with Gasteiger partial charge in [0.1, 0.15) is 6.61 Å². The molecular formula is C20H22ClN5O4S. The van der Waals surface area contributed by atoms with Crippen LogP contribution in [0.5, 0.6) is 11.1 Å². The Hall–Kier alpha value is -2.66. The van der Waals surface area contributed by atoms with Crippen molar-refractivity contribution in [3.8, 4) is 11.1 Å². The van der Waals surface area contributed by atoms with Gasteiger partial charge in [-0.3, -0.25) is 0 Å². The zero-order valence-corrected chi connectivity index (χ0v) is 18.4. The highest BCUT2D eigenvalue weighted by atomic mass is 35.5. The molecule has 2 N–H and O–H groups in total. The van der Waals surface area contributed by atoms with Crippen LogP contribution in [0, 0.1) is 0 Å². The van der Waals surface area contributed by atoms with Gasteiger partial charge in [0.2, 0.25) is 11.0 Å². The number of rotatable bonds is 8. The molecule has 0 saturated carbocycles. The number of hydrogen-bond donors (Lipinski definition) is 2. The molecule has 4 rings (SSSR count). The van der Waals surface area contributed by atoms with Crippen molar-refractivity contribution in [1.82, 2.24) is 15.2 Å². The van der Waals surface area contributed by atoms with Gasteiger partial charge in [0.25, 0.3) is 5.19 Å². The molecule has 3 heterocycles. The maximum atomic E-state index is 10.8. The number of nitrogens with zero attached hydrogens (tertiary/aromatic N) is 4. The molecule has 1 aliphatic rings. The summed E-state index contributed by atoms with van der Waals surface area (Å²) in [5.41, 5.74) is 2.41. The number of methoxy groups -OCH3 is 1. The number of aliphatic hydroxyl groups excluding tert-OH is 1. The molecule has 1 unspecified atom stereocenters. The van der Waals surface area contributed by atoms with E-state index in [2.05, 4.69) is 25.4 Å². The summed E-state index contributed by atoms with van der Waals surface area (Å²) in [6, 6.07) is 9.19. The fourth-order valence-corrected chi connectivity index (χ4v) is 3.83. The molecule has 0 bridgehead atoms. The Morgan fingerprint density at radius 3 is 2.77 bits per heavy atom. The molecule has 0 amide bonds. The minimum Gasteiger partial charge on any atom is -0.481 e. The third kappa shape index (κ3) is 5.53. The maximum absolute atomic E-state index is 10.8. The zero-order valence-electron chi connectivity index (χ0n) is 16.8. The molecule has 0 aliphatic carbocycles. The van der Waals surface area contributed by atoms with E-state index in [-0.39, 0.29) is 0 Å². The first-order valence-corrected chi connectivity index (χ1v) is 10.8. The van der Waals surface area contributed by atoms with E-state index < -0.39 is 6.23 Å². The lowest BCUT2D eigenvalue weighted by Crippen LogP contribution is -2.37. The summed E-state index contributed by atoms with van der Waals surface area (Å²) < 4.78 is 16.4. The molecule has 31 heavy (non-hydrogen) atoms. The lowest BCUT2D eigenvalue weighted by molar-refractivity contribution is 0.122.